The van der Waals surface area contributed by atoms with Crippen LogP contribution < -0.4 is 4.74 Å². The Bertz CT molecular complexity index is 868. The third-order valence-electron chi connectivity index (χ3n) is 3.25. The average molecular weight is 365 g/mol. The molecule has 0 N–H and O–H groups in total. The number of nitro benzene ring substituents is 1. The number of ether oxygens (including phenoxy) is 2. The molecule has 0 amide bonds. The number of carbonyl (C=O) groups is 2. The van der Waals surface area contributed by atoms with Gasteiger partial charge in [-0.3, -0.25) is 14.9 Å². The summed E-state index contributed by atoms with van der Waals surface area (Å²) in [4.78, 5) is 34.1. The minimum Gasteiger partial charge on any atom is -0.487 e. The SMILES string of the molecule is CCOc1ccc(C(=O)OCC(=O)c2cc(F)ccc2F)cc1[N+](=O)[O-]. The second-order valence-corrected chi connectivity index (χ2v) is 5.00. The third-order valence-corrected chi connectivity index (χ3v) is 3.25. The molecular weight excluding hydrogens is 352 g/mol. The quantitative estimate of drug-likeness (QED) is 0.323. The number of Topliss-reactive ketones (excluding diaryl/α,β-unsaturated/α-hetero) is 1. The third kappa shape index (κ3) is 4.38. The molecule has 2 aromatic rings. The highest BCUT2D eigenvalue weighted by Crippen LogP contribution is 2.28. The van der Waals surface area contributed by atoms with E-state index in [-0.39, 0.29) is 17.9 Å². The summed E-state index contributed by atoms with van der Waals surface area (Å²) in [6.07, 6.45) is 0. The highest BCUT2D eigenvalue weighted by atomic mass is 19.1. The monoisotopic (exact) mass is 365 g/mol. The molecule has 0 aliphatic rings. The molecule has 9 heteroatoms. The van der Waals surface area contributed by atoms with E-state index < -0.39 is 46.2 Å². The van der Waals surface area contributed by atoms with Gasteiger partial charge in [-0.15, -0.1) is 0 Å². The van der Waals surface area contributed by atoms with Crippen molar-refractivity contribution in [1.82, 2.24) is 0 Å². The highest BCUT2D eigenvalue weighted by Gasteiger charge is 2.21. The van der Waals surface area contributed by atoms with E-state index in [9.17, 15) is 28.5 Å². The molecule has 0 aliphatic carbocycles. The van der Waals surface area contributed by atoms with Crippen molar-refractivity contribution in [1.29, 1.82) is 0 Å². The smallest absolute Gasteiger partial charge is 0.338 e. The van der Waals surface area contributed by atoms with Gasteiger partial charge in [-0.1, -0.05) is 0 Å². The predicted molar refractivity (Wildman–Crippen MR) is 85.2 cm³/mol. The summed E-state index contributed by atoms with van der Waals surface area (Å²) in [6.45, 7) is 0.988. The van der Waals surface area contributed by atoms with Crippen molar-refractivity contribution >= 4 is 17.4 Å². The van der Waals surface area contributed by atoms with Crippen molar-refractivity contribution in [2.45, 2.75) is 6.92 Å². The summed E-state index contributed by atoms with van der Waals surface area (Å²) in [5.74, 6) is -3.77. The number of nitrogens with zero attached hydrogens (tertiary/aromatic N) is 1. The summed E-state index contributed by atoms with van der Waals surface area (Å²) in [6, 6.07) is 5.71. The zero-order valence-corrected chi connectivity index (χ0v) is 13.5. The second-order valence-electron chi connectivity index (χ2n) is 5.00. The van der Waals surface area contributed by atoms with Gasteiger partial charge in [0.05, 0.1) is 22.7 Å². The number of benzene rings is 2. The van der Waals surface area contributed by atoms with Crippen LogP contribution >= 0.6 is 0 Å². The van der Waals surface area contributed by atoms with Crippen LogP contribution in [0.25, 0.3) is 0 Å². The van der Waals surface area contributed by atoms with Gasteiger partial charge >= 0.3 is 11.7 Å². The van der Waals surface area contributed by atoms with Crippen LogP contribution in [0.2, 0.25) is 0 Å². The number of hydrogen-bond donors (Lipinski definition) is 0. The maximum atomic E-state index is 13.5. The summed E-state index contributed by atoms with van der Waals surface area (Å²) in [7, 11) is 0. The standard InChI is InChI=1S/C17H13F2NO6/c1-2-25-16-6-3-10(7-14(16)20(23)24)17(22)26-9-15(21)12-8-11(18)4-5-13(12)19/h3-8H,2,9H2,1H3. The van der Waals surface area contributed by atoms with E-state index in [1.54, 1.807) is 6.92 Å². The second kappa shape index (κ2) is 8.15. The average Bonchev–Trinajstić information content (AvgIpc) is 2.61. The molecule has 0 spiro atoms. The lowest BCUT2D eigenvalue weighted by Gasteiger charge is -2.07. The van der Waals surface area contributed by atoms with Crippen LogP contribution in [0, 0.1) is 21.7 Å². The van der Waals surface area contributed by atoms with Gasteiger partial charge in [0.1, 0.15) is 11.6 Å². The molecule has 0 unspecified atom stereocenters. The van der Waals surface area contributed by atoms with Gasteiger partial charge < -0.3 is 9.47 Å². The Morgan fingerprint density at radius 1 is 1.15 bits per heavy atom. The molecular formula is C17H13F2NO6. The molecule has 0 saturated carbocycles. The molecule has 0 saturated heterocycles. The van der Waals surface area contributed by atoms with Crippen LogP contribution in [0.3, 0.4) is 0 Å². The van der Waals surface area contributed by atoms with E-state index in [4.69, 9.17) is 9.47 Å². The van der Waals surface area contributed by atoms with Gasteiger partial charge in [-0.25, -0.2) is 13.6 Å². The number of halogens is 2. The molecule has 0 fully saturated rings. The van der Waals surface area contributed by atoms with E-state index in [1.807, 2.05) is 0 Å². The first kappa shape index (κ1) is 19.0. The van der Waals surface area contributed by atoms with Gasteiger partial charge in [0.25, 0.3) is 0 Å². The zero-order chi connectivity index (χ0) is 19.3. The van der Waals surface area contributed by atoms with Crippen molar-refractivity contribution < 1.29 is 32.8 Å². The maximum absolute atomic E-state index is 13.5. The number of hydrogen-bond acceptors (Lipinski definition) is 6. The molecule has 7 nitrogen and oxygen atoms in total. The normalized spacial score (nSPS) is 10.3. The Hall–Kier alpha value is -3.36. The first-order valence-corrected chi connectivity index (χ1v) is 7.40. The fraction of sp³-hybridized carbons (Fsp3) is 0.176. The molecule has 0 heterocycles. The first-order chi connectivity index (χ1) is 12.3. The fourth-order valence-corrected chi connectivity index (χ4v) is 2.07. The molecule has 0 radical (unpaired) electrons. The number of ketones is 1. The molecule has 0 atom stereocenters. The maximum Gasteiger partial charge on any atom is 0.338 e. The van der Waals surface area contributed by atoms with Crippen LogP contribution in [0.5, 0.6) is 5.75 Å². The van der Waals surface area contributed by atoms with Gasteiger partial charge in [0.15, 0.2) is 12.4 Å². The first-order valence-electron chi connectivity index (χ1n) is 7.40. The van der Waals surface area contributed by atoms with Gasteiger partial charge in [0, 0.05) is 6.07 Å². The Balaban J connectivity index is 2.12. The number of rotatable bonds is 7. The van der Waals surface area contributed by atoms with Gasteiger partial charge in [0.2, 0.25) is 5.78 Å². The summed E-state index contributed by atoms with van der Waals surface area (Å²) < 4.78 is 36.4. The molecule has 2 aromatic carbocycles. The van der Waals surface area contributed by atoms with E-state index in [1.165, 1.54) is 12.1 Å². The van der Waals surface area contributed by atoms with E-state index in [0.29, 0.717) is 6.07 Å². The molecule has 2 rings (SSSR count). The zero-order valence-electron chi connectivity index (χ0n) is 13.5. The van der Waals surface area contributed by atoms with Crippen LogP contribution in [-0.2, 0) is 4.74 Å². The fourth-order valence-electron chi connectivity index (χ4n) is 2.07. The molecule has 0 aliphatic heterocycles. The van der Waals surface area contributed by atoms with Gasteiger partial charge in [-0.2, -0.15) is 0 Å². The Labute approximate surface area is 146 Å². The number of carbonyl (C=O) groups excluding carboxylic acids is 2. The number of esters is 1. The predicted octanol–water partition coefficient (Wildman–Crippen LogP) is 3.31. The lowest BCUT2D eigenvalue weighted by Crippen LogP contribution is -2.16. The lowest BCUT2D eigenvalue weighted by molar-refractivity contribution is -0.385. The molecule has 0 aromatic heterocycles. The molecule has 0 bridgehead atoms. The summed E-state index contributed by atoms with van der Waals surface area (Å²) in [5, 5.41) is 11.0. The van der Waals surface area contributed by atoms with Gasteiger partial charge in [-0.05, 0) is 37.3 Å². The Kier molecular flexibility index (Phi) is 5.94. The minimum absolute atomic E-state index is 0.0213. The van der Waals surface area contributed by atoms with Crippen LogP contribution in [0.1, 0.15) is 27.6 Å². The van der Waals surface area contributed by atoms with Crippen LogP contribution in [0.15, 0.2) is 36.4 Å². The van der Waals surface area contributed by atoms with Crippen molar-refractivity contribution in [3.8, 4) is 5.75 Å². The van der Waals surface area contributed by atoms with E-state index in [0.717, 1.165) is 18.2 Å². The highest BCUT2D eigenvalue weighted by molar-refractivity contribution is 5.99. The topological polar surface area (TPSA) is 95.7 Å². The Morgan fingerprint density at radius 3 is 2.54 bits per heavy atom. The van der Waals surface area contributed by atoms with Crippen molar-refractivity contribution in [2.75, 3.05) is 13.2 Å². The van der Waals surface area contributed by atoms with Crippen LogP contribution in [-0.4, -0.2) is 29.9 Å². The molecule has 26 heavy (non-hydrogen) atoms. The lowest BCUT2D eigenvalue weighted by atomic mass is 10.1. The summed E-state index contributed by atoms with van der Waals surface area (Å²) in [5.41, 5.74) is -1.19. The minimum atomic E-state index is -1.03. The van der Waals surface area contributed by atoms with Crippen molar-refractivity contribution in [2.24, 2.45) is 0 Å². The van der Waals surface area contributed by atoms with E-state index >= 15 is 0 Å². The van der Waals surface area contributed by atoms with Crippen LogP contribution in [0.4, 0.5) is 14.5 Å². The summed E-state index contributed by atoms with van der Waals surface area (Å²) >= 11 is 0. The largest absolute Gasteiger partial charge is 0.487 e. The van der Waals surface area contributed by atoms with Crippen molar-refractivity contribution in [3.05, 3.63) is 69.3 Å². The molecule has 136 valence electrons. The number of nitro groups is 1. The van der Waals surface area contributed by atoms with E-state index in [2.05, 4.69) is 0 Å². The Morgan fingerprint density at radius 2 is 1.88 bits per heavy atom. The van der Waals surface area contributed by atoms with Crippen molar-refractivity contribution in [3.63, 3.8) is 0 Å².